The van der Waals surface area contributed by atoms with Crippen LogP contribution < -0.4 is 10.6 Å². The summed E-state index contributed by atoms with van der Waals surface area (Å²) in [5.41, 5.74) is -9.38. The van der Waals surface area contributed by atoms with E-state index < -0.39 is 123 Å². The number of ether oxygens (including phenoxy) is 4. The minimum absolute atomic E-state index is 0.00578. The first-order valence-corrected chi connectivity index (χ1v) is 17.5. The zero-order valence-electron chi connectivity index (χ0n) is 30.8. The van der Waals surface area contributed by atoms with Gasteiger partial charge in [0.05, 0.1) is 34.6 Å². The lowest BCUT2D eigenvalue weighted by atomic mass is 9.56. The third-order valence-electron chi connectivity index (χ3n) is 11.2. The molecule has 0 unspecified atom stereocenters. The average molecular weight is 774 g/mol. The van der Waals surface area contributed by atoms with Crippen LogP contribution in [-0.2, 0) is 37.5 Å². The van der Waals surface area contributed by atoms with Gasteiger partial charge in [-0.3, -0.25) is 29.0 Å². The Bertz CT molecular complexity index is 2240. The molecule has 1 amide bonds. The number of aromatic hydroxyl groups is 2. The minimum atomic E-state index is -3.25. The molecule has 1 aliphatic heterocycles. The van der Waals surface area contributed by atoms with Crippen LogP contribution in [-0.4, -0.2) is 123 Å². The molecule has 17 nitrogen and oxygen atoms in total. The molecule has 1 fully saturated rings. The van der Waals surface area contributed by atoms with Gasteiger partial charge in [0.25, 0.3) is 5.91 Å². The van der Waals surface area contributed by atoms with Crippen molar-refractivity contribution in [3.63, 3.8) is 0 Å². The van der Waals surface area contributed by atoms with Crippen molar-refractivity contribution < 1.29 is 68.5 Å². The first kappa shape index (κ1) is 38.9. The summed E-state index contributed by atoms with van der Waals surface area (Å²) in [7, 11) is 3.60. The molecule has 0 bridgehead atoms. The number of rotatable bonds is 8. The molecular weight excluding hydrogens is 734 g/mol. The Kier molecular flexibility index (Phi) is 9.69. The van der Waals surface area contributed by atoms with Crippen molar-refractivity contribution in [2.75, 3.05) is 21.3 Å². The summed E-state index contributed by atoms with van der Waals surface area (Å²) in [6.45, 7) is 3.10. The molecule has 17 heteroatoms. The molecule has 2 aromatic carbocycles. The maximum absolute atomic E-state index is 14.8. The smallest absolute Gasteiger partial charge is 0.255 e. The van der Waals surface area contributed by atoms with E-state index in [-0.39, 0.29) is 28.9 Å². The van der Waals surface area contributed by atoms with Gasteiger partial charge in [-0.2, -0.15) is 0 Å². The Morgan fingerprint density at radius 2 is 1.71 bits per heavy atom. The number of amides is 1. The number of aliphatic hydroxyl groups excluding tert-OH is 2. The minimum Gasteiger partial charge on any atom is -0.507 e. The van der Waals surface area contributed by atoms with Crippen LogP contribution in [0.15, 0.2) is 48.4 Å². The van der Waals surface area contributed by atoms with Gasteiger partial charge in [-0.05, 0) is 42.7 Å². The fourth-order valence-corrected chi connectivity index (χ4v) is 8.55. The van der Waals surface area contributed by atoms with Gasteiger partial charge in [-0.25, -0.2) is 0 Å². The van der Waals surface area contributed by atoms with Gasteiger partial charge < -0.3 is 55.1 Å². The average Bonchev–Trinajstić information content (AvgIpc) is 3.15. The van der Waals surface area contributed by atoms with E-state index in [1.165, 1.54) is 33.4 Å². The molecule has 294 valence electrons. The van der Waals surface area contributed by atoms with E-state index in [4.69, 9.17) is 18.9 Å². The van der Waals surface area contributed by atoms with Crippen LogP contribution in [0.4, 0.5) is 0 Å². The number of benzene rings is 2. The topological polar surface area (TPSA) is 260 Å². The highest BCUT2D eigenvalue weighted by Crippen LogP contribution is 2.56. The van der Waals surface area contributed by atoms with Crippen molar-refractivity contribution >= 4 is 29.0 Å². The molecular formula is C39H39N3O14. The highest BCUT2D eigenvalue weighted by atomic mass is 16.6. The molecule has 56 heavy (non-hydrogen) atoms. The van der Waals surface area contributed by atoms with E-state index >= 15 is 0 Å². The lowest BCUT2D eigenvalue weighted by Gasteiger charge is -2.53. The van der Waals surface area contributed by atoms with Gasteiger partial charge >= 0.3 is 0 Å². The van der Waals surface area contributed by atoms with Crippen LogP contribution in [0.3, 0.4) is 0 Å². The summed E-state index contributed by atoms with van der Waals surface area (Å²) in [6, 6.07) is 5.61. The van der Waals surface area contributed by atoms with E-state index in [0.29, 0.717) is 5.56 Å². The van der Waals surface area contributed by atoms with E-state index in [1.807, 2.05) is 0 Å². The quantitative estimate of drug-likeness (QED) is 0.162. The summed E-state index contributed by atoms with van der Waals surface area (Å²) in [4.78, 5) is 74.7. The van der Waals surface area contributed by atoms with Crippen molar-refractivity contribution in [1.29, 1.82) is 0 Å². The first-order valence-electron chi connectivity index (χ1n) is 17.5. The molecule has 4 aliphatic rings. The van der Waals surface area contributed by atoms with Gasteiger partial charge in [0, 0.05) is 69.5 Å². The monoisotopic (exact) mass is 773 g/mol. The van der Waals surface area contributed by atoms with Crippen LogP contribution in [0.1, 0.15) is 81.0 Å². The second-order valence-electron chi connectivity index (χ2n) is 14.1. The summed E-state index contributed by atoms with van der Waals surface area (Å²) < 4.78 is 22.2. The largest absolute Gasteiger partial charge is 0.507 e. The molecule has 2 heterocycles. The van der Waals surface area contributed by atoms with E-state index in [0.717, 1.165) is 19.3 Å². The molecule has 0 radical (unpaired) electrons. The van der Waals surface area contributed by atoms with Gasteiger partial charge in [0.1, 0.15) is 29.8 Å². The summed E-state index contributed by atoms with van der Waals surface area (Å²) in [6.07, 6.45) is -3.53. The van der Waals surface area contributed by atoms with E-state index in [2.05, 4.69) is 15.6 Å². The predicted octanol–water partition coefficient (Wildman–Crippen LogP) is 0.288. The number of carbonyl (C=O) groups is 5. The van der Waals surface area contributed by atoms with Crippen LogP contribution in [0, 0.1) is 6.92 Å². The number of fused-ring (bicyclic) bond motifs is 5. The number of ketones is 4. The van der Waals surface area contributed by atoms with Crippen LogP contribution in [0.25, 0.3) is 0 Å². The zero-order chi connectivity index (χ0) is 40.6. The van der Waals surface area contributed by atoms with Gasteiger partial charge in [-0.15, -0.1) is 0 Å². The number of hydrogen-bond acceptors (Lipinski definition) is 16. The number of hydrogen-bond donors (Lipinski definition) is 7. The Morgan fingerprint density at radius 1 is 1.00 bits per heavy atom. The van der Waals surface area contributed by atoms with Crippen molar-refractivity contribution in [3.8, 4) is 11.5 Å². The lowest BCUT2D eigenvalue weighted by Crippen LogP contribution is -2.73. The number of aryl methyl sites for hydroxylation is 1. The third kappa shape index (κ3) is 5.34. The zero-order valence-corrected chi connectivity index (χ0v) is 30.8. The Labute approximate surface area is 318 Å². The molecule has 3 aromatic rings. The maximum atomic E-state index is 14.8. The van der Waals surface area contributed by atoms with Gasteiger partial charge in [0.15, 0.2) is 23.2 Å². The second kappa shape index (κ2) is 14.0. The molecule has 1 saturated heterocycles. The number of phenols is 2. The van der Waals surface area contributed by atoms with Gasteiger partial charge in [-0.1, -0.05) is 12.1 Å². The number of Topliss-reactive ketones (excluding diaryl/α,β-unsaturated/α-hetero) is 3. The SMILES string of the molecule is CO[C@@H]1[C@@H](O)[C@@H](OC)[C@@H](NC2=CC(=O)c3c(cc4c(c3O)C(=O)[C@]3(OC)[C@H](O)Cc5cc(C)c(C(=O)NCc6cccnc6)c(O)c5[C@]3(O)C4=O)C2=O)O[C@H]1C. The van der Waals surface area contributed by atoms with Crippen molar-refractivity contribution in [2.24, 2.45) is 0 Å². The third-order valence-corrected chi connectivity index (χ3v) is 11.2. The predicted molar refractivity (Wildman–Crippen MR) is 190 cm³/mol. The van der Waals surface area contributed by atoms with Gasteiger partial charge in [0.2, 0.25) is 17.3 Å². The second-order valence-corrected chi connectivity index (χ2v) is 14.1. The lowest BCUT2D eigenvalue weighted by molar-refractivity contribution is -0.236. The number of allylic oxidation sites excluding steroid dienone is 2. The highest BCUT2D eigenvalue weighted by Gasteiger charge is 2.72. The molecule has 7 rings (SSSR count). The Balaban J connectivity index is 1.33. The number of phenolic OH excluding ortho intramolecular Hbond substituents is 2. The number of nitrogens with one attached hydrogen (secondary N) is 2. The van der Waals surface area contributed by atoms with E-state index in [1.54, 1.807) is 25.3 Å². The van der Waals surface area contributed by atoms with Crippen LogP contribution in [0.2, 0.25) is 0 Å². The molecule has 0 saturated carbocycles. The van der Waals surface area contributed by atoms with E-state index in [9.17, 15) is 49.5 Å². The fraction of sp³-hybridized carbons (Fsp3) is 0.385. The van der Waals surface area contributed by atoms with Crippen molar-refractivity contribution in [2.45, 2.75) is 74.8 Å². The number of aromatic nitrogens is 1. The van der Waals surface area contributed by atoms with Crippen molar-refractivity contribution in [1.82, 2.24) is 15.6 Å². The molecule has 7 N–H and O–H groups in total. The number of pyridine rings is 1. The van der Waals surface area contributed by atoms with Crippen molar-refractivity contribution in [3.05, 3.63) is 98.5 Å². The summed E-state index contributed by atoms with van der Waals surface area (Å²) >= 11 is 0. The number of nitrogens with zero attached hydrogens (tertiary/aromatic N) is 1. The number of carbonyl (C=O) groups excluding carboxylic acids is 5. The number of aliphatic hydroxyl groups is 3. The normalized spacial score (nSPS) is 29.5. The summed E-state index contributed by atoms with van der Waals surface area (Å²) in [5.74, 6) is -7.40. The molecule has 1 aromatic heterocycles. The number of methoxy groups -OCH3 is 3. The highest BCUT2D eigenvalue weighted by molar-refractivity contribution is 6.31. The van der Waals surface area contributed by atoms with Crippen LogP contribution in [0.5, 0.6) is 11.5 Å². The Morgan fingerprint density at radius 3 is 2.36 bits per heavy atom. The maximum Gasteiger partial charge on any atom is 0.255 e. The standard InChI is InChI=1S/C39H39N3O14/c1-15-9-18-10-23(44)39(55-5)35(50)26-20(34(49)38(39,52)27(18)30(47)24(15)36(51)41-14-17-7-6-8-40-13-17)11-19-25(29(26)46)22(43)12-21(28(19)45)42-37-33(54-4)31(48)32(53-3)16(2)56-37/h6-9,11-13,16,23,31-33,37,42,44,46-48,52H,10,14H2,1-5H3,(H,41,51)/t16-,23+,31+,32-,33+,37-,38-,39+/m0/s1. The molecule has 3 aliphatic carbocycles. The molecule has 0 spiro atoms. The fourth-order valence-electron chi connectivity index (χ4n) is 8.55. The summed E-state index contributed by atoms with van der Waals surface area (Å²) in [5, 5.41) is 63.9. The first-order chi connectivity index (χ1) is 26.6. The molecule has 8 atom stereocenters. The Hall–Kier alpha value is -5.40. The van der Waals surface area contributed by atoms with Crippen LogP contribution >= 0.6 is 0 Å².